The first-order valence-electron chi connectivity index (χ1n) is 9.87. The van der Waals surface area contributed by atoms with Crippen molar-refractivity contribution in [2.45, 2.75) is 26.9 Å². The summed E-state index contributed by atoms with van der Waals surface area (Å²) in [6.07, 6.45) is 1.60. The molecular weight excluding hydrogens is 426 g/mol. The Kier molecular flexibility index (Phi) is 5.75. The second kappa shape index (κ2) is 8.65. The Hall–Kier alpha value is -3.96. The van der Waals surface area contributed by atoms with Crippen LogP contribution in [0.1, 0.15) is 38.6 Å². The summed E-state index contributed by atoms with van der Waals surface area (Å²) in [5.74, 6) is 0.0737. The van der Waals surface area contributed by atoms with Crippen LogP contribution < -0.4 is 11.1 Å². The minimum atomic E-state index is -0.370. The Morgan fingerprint density at radius 2 is 2.06 bits per heavy atom. The number of fused-ring (bicyclic) bond motifs is 1. The van der Waals surface area contributed by atoms with E-state index in [0.29, 0.717) is 23.1 Å². The number of carbonyl (C=O) groups excluding carboxylic acids is 1. The molecule has 0 bridgehead atoms. The fraction of sp³-hybridized carbons (Fsp3) is 0.174. The number of nitriles is 1. The molecule has 1 aromatic carbocycles. The van der Waals surface area contributed by atoms with Crippen LogP contribution in [0, 0.1) is 25.2 Å². The van der Waals surface area contributed by atoms with Gasteiger partial charge in [-0.1, -0.05) is 17.7 Å². The van der Waals surface area contributed by atoms with Crippen molar-refractivity contribution in [1.82, 2.24) is 25.1 Å². The van der Waals surface area contributed by atoms with E-state index in [0.717, 1.165) is 33.3 Å². The van der Waals surface area contributed by atoms with Gasteiger partial charge in [-0.15, -0.1) is 0 Å². The maximum Gasteiger partial charge on any atom is 0.272 e. The van der Waals surface area contributed by atoms with Gasteiger partial charge in [0.25, 0.3) is 5.91 Å². The maximum atomic E-state index is 12.7. The van der Waals surface area contributed by atoms with E-state index in [1.54, 1.807) is 12.3 Å². The first-order chi connectivity index (χ1) is 15.3. The van der Waals surface area contributed by atoms with Crippen molar-refractivity contribution >= 4 is 34.2 Å². The van der Waals surface area contributed by atoms with Crippen LogP contribution in [-0.2, 0) is 13.1 Å². The van der Waals surface area contributed by atoms with Gasteiger partial charge in [-0.2, -0.15) is 10.4 Å². The largest absolute Gasteiger partial charge is 0.384 e. The van der Waals surface area contributed by atoms with Crippen LogP contribution >= 0.6 is 11.6 Å². The van der Waals surface area contributed by atoms with Crippen LogP contribution in [0.15, 0.2) is 42.6 Å². The first-order valence-corrected chi connectivity index (χ1v) is 10.2. The van der Waals surface area contributed by atoms with E-state index >= 15 is 0 Å². The van der Waals surface area contributed by atoms with E-state index in [1.807, 2.05) is 38.1 Å². The number of aromatic nitrogens is 4. The van der Waals surface area contributed by atoms with Crippen molar-refractivity contribution in [2.24, 2.45) is 0 Å². The molecule has 0 aliphatic rings. The van der Waals surface area contributed by atoms with Crippen molar-refractivity contribution < 1.29 is 4.79 Å². The molecule has 32 heavy (non-hydrogen) atoms. The summed E-state index contributed by atoms with van der Waals surface area (Å²) in [5.41, 5.74) is 10.6. The van der Waals surface area contributed by atoms with Crippen molar-refractivity contribution in [3.63, 3.8) is 0 Å². The van der Waals surface area contributed by atoms with Gasteiger partial charge < -0.3 is 11.1 Å². The second-order valence-electron chi connectivity index (χ2n) is 7.48. The predicted octanol–water partition coefficient (Wildman–Crippen LogP) is 3.53. The second-order valence-corrected chi connectivity index (χ2v) is 7.91. The molecule has 0 aliphatic heterocycles. The predicted molar refractivity (Wildman–Crippen MR) is 122 cm³/mol. The van der Waals surface area contributed by atoms with E-state index in [1.165, 1.54) is 10.7 Å². The summed E-state index contributed by atoms with van der Waals surface area (Å²) >= 11 is 6.04. The number of nitrogen functional groups attached to an aromatic ring is 1. The third-order valence-electron chi connectivity index (χ3n) is 5.17. The topological polar surface area (TPSA) is 123 Å². The summed E-state index contributed by atoms with van der Waals surface area (Å²) in [6.45, 7) is 4.39. The normalized spacial score (nSPS) is 10.8. The number of carbonyl (C=O) groups is 1. The summed E-state index contributed by atoms with van der Waals surface area (Å²) in [5, 5.41) is 18.2. The van der Waals surface area contributed by atoms with Crippen LogP contribution in [0.3, 0.4) is 0 Å². The highest BCUT2D eigenvalue weighted by molar-refractivity contribution is 6.31. The molecule has 1 amide bonds. The molecule has 0 fully saturated rings. The van der Waals surface area contributed by atoms with Gasteiger partial charge in [0, 0.05) is 29.9 Å². The monoisotopic (exact) mass is 445 g/mol. The summed E-state index contributed by atoms with van der Waals surface area (Å²) < 4.78 is 1.51. The highest BCUT2D eigenvalue weighted by Crippen LogP contribution is 2.19. The molecular formula is C23H20ClN7O. The third kappa shape index (κ3) is 4.38. The molecule has 3 heterocycles. The number of nitrogens with one attached hydrogen (secondary N) is 1. The Bertz CT molecular complexity index is 1360. The third-order valence-corrected chi connectivity index (χ3v) is 5.38. The lowest BCUT2D eigenvalue weighted by atomic mass is 10.1. The number of nitrogens with two attached hydrogens (primary N) is 1. The van der Waals surface area contributed by atoms with E-state index in [4.69, 9.17) is 17.3 Å². The number of hydrogen-bond donors (Lipinski definition) is 2. The summed E-state index contributed by atoms with van der Waals surface area (Å²) in [4.78, 5) is 21.2. The van der Waals surface area contributed by atoms with Crippen LogP contribution in [0.2, 0.25) is 5.02 Å². The molecule has 0 radical (unpaired) electrons. The molecule has 4 aromatic rings. The van der Waals surface area contributed by atoms with Gasteiger partial charge in [-0.3, -0.25) is 9.78 Å². The lowest BCUT2D eigenvalue weighted by Crippen LogP contribution is -2.24. The Morgan fingerprint density at radius 1 is 1.25 bits per heavy atom. The number of benzene rings is 1. The molecule has 0 unspecified atom stereocenters. The molecule has 0 atom stereocenters. The van der Waals surface area contributed by atoms with Crippen molar-refractivity contribution in [1.29, 1.82) is 5.26 Å². The standard InChI is InChI=1S/C23H20ClN7O/c1-13-5-22(26)29-14(2)19(13)11-28-23(32)21-8-18(9-25)31(30-21)12-15-3-4-20-16(6-15)7-17(24)10-27-20/h3-8,10H,11-12H2,1-2H3,(H2,26,29)(H,28,32). The number of amides is 1. The van der Waals surface area contributed by atoms with Crippen molar-refractivity contribution in [2.75, 3.05) is 5.73 Å². The van der Waals surface area contributed by atoms with Gasteiger partial charge in [-0.05, 0) is 54.8 Å². The molecule has 0 aliphatic carbocycles. The van der Waals surface area contributed by atoms with Crippen LogP contribution in [0.5, 0.6) is 0 Å². The minimum Gasteiger partial charge on any atom is -0.384 e. The van der Waals surface area contributed by atoms with Gasteiger partial charge in [0.2, 0.25) is 0 Å². The van der Waals surface area contributed by atoms with E-state index < -0.39 is 0 Å². The van der Waals surface area contributed by atoms with Gasteiger partial charge in [-0.25, -0.2) is 9.67 Å². The number of aryl methyl sites for hydroxylation is 2. The zero-order chi connectivity index (χ0) is 22.8. The lowest BCUT2D eigenvalue weighted by Gasteiger charge is -2.10. The maximum absolute atomic E-state index is 12.7. The zero-order valence-corrected chi connectivity index (χ0v) is 18.3. The smallest absolute Gasteiger partial charge is 0.272 e. The molecule has 0 saturated heterocycles. The molecule has 0 saturated carbocycles. The average molecular weight is 446 g/mol. The van der Waals surface area contributed by atoms with E-state index in [2.05, 4.69) is 26.5 Å². The number of nitrogens with zero attached hydrogens (tertiary/aromatic N) is 5. The van der Waals surface area contributed by atoms with Crippen LogP contribution in [-0.4, -0.2) is 25.7 Å². The molecule has 9 heteroatoms. The van der Waals surface area contributed by atoms with Gasteiger partial charge in [0.05, 0.1) is 17.1 Å². The fourth-order valence-electron chi connectivity index (χ4n) is 3.58. The highest BCUT2D eigenvalue weighted by atomic mass is 35.5. The molecule has 0 spiro atoms. The highest BCUT2D eigenvalue weighted by Gasteiger charge is 2.16. The van der Waals surface area contributed by atoms with Gasteiger partial charge >= 0.3 is 0 Å². The summed E-state index contributed by atoms with van der Waals surface area (Å²) in [7, 11) is 0. The molecule has 160 valence electrons. The van der Waals surface area contributed by atoms with Crippen LogP contribution in [0.4, 0.5) is 5.82 Å². The minimum absolute atomic E-state index is 0.172. The molecule has 3 N–H and O–H groups in total. The lowest BCUT2D eigenvalue weighted by molar-refractivity contribution is 0.0945. The SMILES string of the molecule is Cc1cc(N)nc(C)c1CNC(=O)c1cc(C#N)n(Cc2ccc3ncc(Cl)cc3c2)n1. The van der Waals surface area contributed by atoms with Gasteiger partial charge in [0.15, 0.2) is 5.69 Å². The fourth-order valence-corrected chi connectivity index (χ4v) is 3.74. The number of halogens is 1. The Morgan fingerprint density at radius 3 is 2.81 bits per heavy atom. The quantitative estimate of drug-likeness (QED) is 0.484. The zero-order valence-electron chi connectivity index (χ0n) is 17.6. The number of anilines is 1. The Balaban J connectivity index is 1.53. The van der Waals surface area contributed by atoms with Crippen molar-refractivity contribution in [3.8, 4) is 6.07 Å². The van der Waals surface area contributed by atoms with E-state index in [-0.39, 0.29) is 18.1 Å². The van der Waals surface area contributed by atoms with E-state index in [9.17, 15) is 10.1 Å². The number of pyridine rings is 2. The summed E-state index contributed by atoms with van der Waals surface area (Å²) in [6, 6.07) is 12.9. The van der Waals surface area contributed by atoms with Crippen molar-refractivity contribution in [3.05, 3.63) is 81.4 Å². The first kappa shape index (κ1) is 21.3. The van der Waals surface area contributed by atoms with Crippen LogP contribution in [0.25, 0.3) is 10.9 Å². The molecule has 8 nitrogen and oxygen atoms in total. The molecule has 4 rings (SSSR count). The Labute approximate surface area is 189 Å². The molecule has 3 aromatic heterocycles. The number of hydrogen-bond acceptors (Lipinski definition) is 6. The number of rotatable bonds is 5. The van der Waals surface area contributed by atoms with Gasteiger partial charge in [0.1, 0.15) is 17.6 Å². The average Bonchev–Trinajstić information content (AvgIpc) is 3.15.